The summed E-state index contributed by atoms with van der Waals surface area (Å²) >= 11 is 0. The zero-order valence-corrected chi connectivity index (χ0v) is 15.7. The van der Waals surface area contributed by atoms with Crippen molar-refractivity contribution in [2.24, 2.45) is 11.7 Å². The first-order valence-electron chi connectivity index (χ1n) is 9.19. The molecule has 2 nitrogen and oxygen atoms in total. The molecule has 0 saturated heterocycles. The Kier molecular flexibility index (Phi) is 10.1. The maximum atomic E-state index is 13.9. The minimum Gasteiger partial charge on any atom is -0.402 e. The van der Waals surface area contributed by atoms with E-state index in [0.29, 0.717) is 17.9 Å². The Morgan fingerprint density at radius 1 is 1.24 bits per heavy atom. The first-order chi connectivity index (χ1) is 12.0. The van der Waals surface area contributed by atoms with Crippen LogP contribution < -0.4 is 11.1 Å². The predicted molar refractivity (Wildman–Crippen MR) is 102 cm³/mol. The van der Waals surface area contributed by atoms with Crippen molar-refractivity contribution in [3.05, 3.63) is 58.8 Å². The molecule has 1 aromatic carbocycles. The van der Waals surface area contributed by atoms with E-state index in [4.69, 9.17) is 5.73 Å². The van der Waals surface area contributed by atoms with E-state index in [1.807, 2.05) is 14.0 Å². The second-order valence-electron chi connectivity index (χ2n) is 6.57. The highest BCUT2D eigenvalue weighted by molar-refractivity contribution is 5.22. The summed E-state index contributed by atoms with van der Waals surface area (Å²) in [5, 5.41) is 3.14. The zero-order chi connectivity index (χ0) is 18.7. The Hall–Kier alpha value is -1.68. The summed E-state index contributed by atoms with van der Waals surface area (Å²) in [6.07, 6.45) is 9.51. The molecule has 1 rings (SSSR count). The van der Waals surface area contributed by atoms with E-state index >= 15 is 0 Å². The van der Waals surface area contributed by atoms with Crippen molar-refractivity contribution in [3.8, 4) is 0 Å². The normalized spacial score (nSPS) is 14.0. The highest BCUT2D eigenvalue weighted by Gasteiger charge is 2.13. The third-order valence-electron chi connectivity index (χ3n) is 4.45. The van der Waals surface area contributed by atoms with E-state index in [1.54, 1.807) is 6.07 Å². The monoisotopic (exact) mass is 350 g/mol. The van der Waals surface area contributed by atoms with Gasteiger partial charge in [-0.1, -0.05) is 31.1 Å². The molecule has 0 amide bonds. The molecule has 1 unspecified atom stereocenters. The predicted octanol–water partition coefficient (Wildman–Crippen LogP) is 5.10. The molecule has 0 aliphatic heterocycles. The van der Waals surface area contributed by atoms with Gasteiger partial charge in [-0.15, -0.1) is 0 Å². The molecule has 0 aliphatic carbocycles. The first-order valence-corrected chi connectivity index (χ1v) is 9.19. The summed E-state index contributed by atoms with van der Waals surface area (Å²) in [5.74, 6) is -0.688. The van der Waals surface area contributed by atoms with Gasteiger partial charge < -0.3 is 11.1 Å². The molecule has 0 saturated carbocycles. The Morgan fingerprint density at radius 2 is 2.00 bits per heavy atom. The second-order valence-corrected chi connectivity index (χ2v) is 6.57. The van der Waals surface area contributed by atoms with Gasteiger partial charge in [0.25, 0.3) is 0 Å². The summed E-state index contributed by atoms with van der Waals surface area (Å²) in [7, 11) is 1.91. The average Bonchev–Trinajstić information content (AvgIpc) is 2.58. The molecule has 140 valence electrons. The van der Waals surface area contributed by atoms with Crippen LogP contribution in [0.3, 0.4) is 0 Å². The van der Waals surface area contributed by atoms with E-state index in [2.05, 4.69) is 24.4 Å². The van der Waals surface area contributed by atoms with E-state index in [0.717, 1.165) is 50.4 Å². The summed E-state index contributed by atoms with van der Waals surface area (Å²) in [4.78, 5) is 0. The number of nitrogens with one attached hydrogen (secondary N) is 1. The van der Waals surface area contributed by atoms with Gasteiger partial charge >= 0.3 is 0 Å². The fourth-order valence-electron chi connectivity index (χ4n) is 2.96. The largest absolute Gasteiger partial charge is 0.402 e. The quantitative estimate of drug-likeness (QED) is 0.545. The van der Waals surface area contributed by atoms with Crippen molar-refractivity contribution < 1.29 is 8.78 Å². The number of rotatable bonds is 11. The van der Waals surface area contributed by atoms with Gasteiger partial charge in [-0.25, -0.2) is 8.78 Å². The Balaban J connectivity index is 2.70. The van der Waals surface area contributed by atoms with Gasteiger partial charge in [-0.2, -0.15) is 0 Å². The SMILES string of the molecule is C/C=C(\C=C(\N)CCC(CCNC)Cc1ccc(F)cc1F)CCC. The van der Waals surface area contributed by atoms with Crippen LogP contribution in [0.25, 0.3) is 0 Å². The number of hydrogen-bond acceptors (Lipinski definition) is 2. The van der Waals surface area contributed by atoms with Crippen LogP contribution >= 0.6 is 0 Å². The van der Waals surface area contributed by atoms with Crippen LogP contribution in [0.2, 0.25) is 0 Å². The van der Waals surface area contributed by atoms with Crippen molar-refractivity contribution in [2.75, 3.05) is 13.6 Å². The van der Waals surface area contributed by atoms with Gasteiger partial charge in [0.2, 0.25) is 0 Å². The van der Waals surface area contributed by atoms with Crippen molar-refractivity contribution >= 4 is 0 Å². The highest BCUT2D eigenvalue weighted by atomic mass is 19.1. The number of hydrogen-bond donors (Lipinski definition) is 2. The highest BCUT2D eigenvalue weighted by Crippen LogP contribution is 2.22. The molecule has 0 radical (unpaired) electrons. The van der Waals surface area contributed by atoms with Crippen molar-refractivity contribution in [3.63, 3.8) is 0 Å². The smallest absolute Gasteiger partial charge is 0.129 e. The Bertz CT molecular complexity index is 579. The van der Waals surface area contributed by atoms with Crippen molar-refractivity contribution in [1.29, 1.82) is 0 Å². The van der Waals surface area contributed by atoms with Crippen LogP contribution in [0.1, 0.15) is 51.5 Å². The lowest BCUT2D eigenvalue weighted by atomic mass is 9.90. The van der Waals surface area contributed by atoms with Crippen LogP contribution in [0, 0.1) is 17.6 Å². The lowest BCUT2D eigenvalue weighted by Crippen LogP contribution is -2.16. The van der Waals surface area contributed by atoms with Gasteiger partial charge in [0, 0.05) is 11.8 Å². The maximum Gasteiger partial charge on any atom is 0.129 e. The van der Waals surface area contributed by atoms with E-state index < -0.39 is 11.6 Å². The number of halogens is 2. The minimum absolute atomic E-state index is 0.305. The van der Waals surface area contributed by atoms with Crippen LogP contribution in [0.15, 0.2) is 41.6 Å². The number of nitrogens with two attached hydrogens (primary N) is 1. The molecule has 0 spiro atoms. The molecule has 1 aromatic rings. The molecule has 0 aliphatic rings. The Morgan fingerprint density at radius 3 is 2.60 bits per heavy atom. The van der Waals surface area contributed by atoms with E-state index in [-0.39, 0.29) is 0 Å². The van der Waals surface area contributed by atoms with Gasteiger partial charge in [0.1, 0.15) is 11.6 Å². The third-order valence-corrected chi connectivity index (χ3v) is 4.45. The van der Waals surface area contributed by atoms with Gasteiger partial charge in [-0.3, -0.25) is 0 Å². The van der Waals surface area contributed by atoms with Crippen molar-refractivity contribution in [1.82, 2.24) is 5.32 Å². The molecular weight excluding hydrogens is 318 g/mol. The summed E-state index contributed by atoms with van der Waals surface area (Å²) in [6, 6.07) is 3.84. The third kappa shape index (κ3) is 8.30. The fourth-order valence-corrected chi connectivity index (χ4v) is 2.96. The fraction of sp³-hybridized carbons (Fsp3) is 0.524. The minimum atomic E-state index is -0.532. The van der Waals surface area contributed by atoms with Crippen LogP contribution in [-0.2, 0) is 6.42 Å². The summed E-state index contributed by atoms with van der Waals surface area (Å²) < 4.78 is 27.0. The molecule has 25 heavy (non-hydrogen) atoms. The van der Waals surface area contributed by atoms with Gasteiger partial charge in [-0.05, 0) is 76.2 Å². The van der Waals surface area contributed by atoms with Crippen LogP contribution in [0.4, 0.5) is 8.78 Å². The van der Waals surface area contributed by atoms with Gasteiger partial charge in [0.05, 0.1) is 0 Å². The summed E-state index contributed by atoms with van der Waals surface area (Å²) in [5.41, 5.74) is 8.89. The van der Waals surface area contributed by atoms with E-state index in [9.17, 15) is 8.78 Å². The average molecular weight is 350 g/mol. The molecule has 0 heterocycles. The standard InChI is InChI=1S/C21H32F2N2/c1-4-6-16(5-2)14-20(24)10-7-17(11-12-25-3)13-18-8-9-19(22)15-21(18)23/h5,8-9,14-15,17,25H,4,6-7,10-13,24H2,1-3H3/b16-5-,20-14+. The molecular formula is C21H32F2N2. The number of allylic oxidation sites excluding steroid dienone is 4. The Labute approximate surface area is 151 Å². The van der Waals surface area contributed by atoms with Crippen molar-refractivity contribution in [2.45, 2.75) is 52.4 Å². The molecule has 3 N–H and O–H groups in total. The lowest BCUT2D eigenvalue weighted by molar-refractivity contribution is 0.430. The lowest BCUT2D eigenvalue weighted by Gasteiger charge is -2.18. The molecule has 1 atom stereocenters. The maximum absolute atomic E-state index is 13.9. The van der Waals surface area contributed by atoms with Crippen LogP contribution in [-0.4, -0.2) is 13.6 Å². The molecule has 0 bridgehead atoms. The molecule has 0 fully saturated rings. The number of benzene rings is 1. The molecule has 4 heteroatoms. The van der Waals surface area contributed by atoms with E-state index in [1.165, 1.54) is 11.6 Å². The topological polar surface area (TPSA) is 38.0 Å². The zero-order valence-electron chi connectivity index (χ0n) is 15.7. The first kappa shape index (κ1) is 21.4. The summed E-state index contributed by atoms with van der Waals surface area (Å²) in [6.45, 7) is 5.05. The van der Waals surface area contributed by atoms with Crippen LogP contribution in [0.5, 0.6) is 0 Å². The molecule has 0 aromatic heterocycles. The second kappa shape index (κ2) is 11.8. The van der Waals surface area contributed by atoms with Gasteiger partial charge in [0.15, 0.2) is 0 Å².